The lowest BCUT2D eigenvalue weighted by Crippen LogP contribution is -2.14. The first-order chi connectivity index (χ1) is 11.0. The Morgan fingerprint density at radius 3 is 2.39 bits per heavy atom. The number of methoxy groups -OCH3 is 2. The highest BCUT2D eigenvalue weighted by atomic mass is 35.5. The predicted octanol–water partition coefficient (Wildman–Crippen LogP) is 3.11. The Hall–Kier alpha value is -1.98. The highest BCUT2D eigenvalue weighted by molar-refractivity contribution is 6.32. The second kappa shape index (κ2) is 8.04. The Morgan fingerprint density at radius 2 is 1.83 bits per heavy atom. The smallest absolute Gasteiger partial charge is 0.179 e. The van der Waals surface area contributed by atoms with E-state index in [1.807, 2.05) is 43.4 Å². The van der Waals surface area contributed by atoms with Crippen LogP contribution in [0, 0.1) is 0 Å². The summed E-state index contributed by atoms with van der Waals surface area (Å²) in [6.45, 7) is 1.40. The van der Waals surface area contributed by atoms with Gasteiger partial charge in [-0.2, -0.15) is 0 Å². The summed E-state index contributed by atoms with van der Waals surface area (Å²) in [5.74, 6) is 2.13. The van der Waals surface area contributed by atoms with Gasteiger partial charge >= 0.3 is 0 Å². The lowest BCUT2D eigenvalue weighted by atomic mass is 10.2. The molecule has 0 spiro atoms. The molecule has 2 aromatic rings. The van der Waals surface area contributed by atoms with Gasteiger partial charge in [0.15, 0.2) is 11.5 Å². The monoisotopic (exact) mass is 335 g/mol. The first kappa shape index (κ1) is 17.4. The fraction of sp³-hybridized carbons (Fsp3) is 0.353. The van der Waals surface area contributed by atoms with E-state index >= 15 is 0 Å². The summed E-state index contributed by atoms with van der Waals surface area (Å²) in [7, 11) is 7.12. The van der Waals surface area contributed by atoms with Gasteiger partial charge in [-0.25, -0.2) is 4.98 Å². The van der Waals surface area contributed by atoms with Crippen molar-refractivity contribution in [2.75, 3.05) is 33.2 Å². The SMILES string of the molecule is COc1cc(CNCc2ccc(N(C)C)nc2)cc(Cl)c1OC. The average Bonchev–Trinajstić information content (AvgIpc) is 2.54. The molecule has 0 aliphatic heterocycles. The molecule has 6 heteroatoms. The second-order valence-corrected chi connectivity index (χ2v) is 5.74. The molecule has 5 nitrogen and oxygen atoms in total. The van der Waals surface area contributed by atoms with Crippen molar-refractivity contribution in [3.63, 3.8) is 0 Å². The van der Waals surface area contributed by atoms with Crippen LogP contribution in [0.1, 0.15) is 11.1 Å². The zero-order valence-corrected chi connectivity index (χ0v) is 14.6. The van der Waals surface area contributed by atoms with E-state index in [2.05, 4.69) is 16.4 Å². The normalized spacial score (nSPS) is 10.5. The zero-order valence-electron chi connectivity index (χ0n) is 13.9. The van der Waals surface area contributed by atoms with Crippen LogP contribution in [-0.4, -0.2) is 33.3 Å². The van der Waals surface area contributed by atoms with Gasteiger partial charge in [-0.3, -0.25) is 0 Å². The molecule has 2 rings (SSSR count). The lowest BCUT2D eigenvalue weighted by molar-refractivity contribution is 0.354. The van der Waals surface area contributed by atoms with Gasteiger partial charge in [-0.05, 0) is 29.3 Å². The fourth-order valence-electron chi connectivity index (χ4n) is 2.21. The molecular weight excluding hydrogens is 314 g/mol. The number of hydrogen-bond acceptors (Lipinski definition) is 5. The van der Waals surface area contributed by atoms with Crippen LogP contribution in [0.5, 0.6) is 11.5 Å². The van der Waals surface area contributed by atoms with Gasteiger partial charge in [0.1, 0.15) is 5.82 Å². The van der Waals surface area contributed by atoms with Crippen LogP contribution in [0.15, 0.2) is 30.5 Å². The molecule has 1 N–H and O–H groups in total. The third-order valence-electron chi connectivity index (χ3n) is 3.42. The number of pyridine rings is 1. The Morgan fingerprint density at radius 1 is 1.09 bits per heavy atom. The number of nitrogens with zero attached hydrogens (tertiary/aromatic N) is 2. The van der Waals surface area contributed by atoms with Crippen molar-refractivity contribution in [1.29, 1.82) is 0 Å². The zero-order chi connectivity index (χ0) is 16.8. The maximum Gasteiger partial charge on any atom is 0.179 e. The number of hydrogen-bond donors (Lipinski definition) is 1. The van der Waals surface area contributed by atoms with Crippen molar-refractivity contribution in [1.82, 2.24) is 10.3 Å². The van der Waals surface area contributed by atoms with Crippen molar-refractivity contribution >= 4 is 17.4 Å². The molecule has 0 radical (unpaired) electrons. The van der Waals surface area contributed by atoms with Gasteiger partial charge in [-0.1, -0.05) is 17.7 Å². The van der Waals surface area contributed by atoms with Gasteiger partial charge in [0, 0.05) is 33.4 Å². The van der Waals surface area contributed by atoms with Crippen LogP contribution in [0.4, 0.5) is 5.82 Å². The molecule has 0 saturated heterocycles. The largest absolute Gasteiger partial charge is 0.493 e. The summed E-state index contributed by atoms with van der Waals surface area (Å²) < 4.78 is 10.5. The van der Waals surface area contributed by atoms with Gasteiger partial charge in [0.05, 0.1) is 19.2 Å². The topological polar surface area (TPSA) is 46.6 Å². The minimum absolute atomic E-state index is 0.542. The molecule has 124 valence electrons. The molecule has 1 heterocycles. The third kappa shape index (κ3) is 4.50. The molecule has 1 aromatic carbocycles. The molecule has 0 saturated carbocycles. The van der Waals surface area contributed by atoms with Gasteiger partial charge in [0.25, 0.3) is 0 Å². The van der Waals surface area contributed by atoms with Crippen molar-refractivity contribution in [3.8, 4) is 11.5 Å². The van der Waals surface area contributed by atoms with Gasteiger partial charge in [0.2, 0.25) is 0 Å². The number of ether oxygens (including phenoxy) is 2. The number of benzene rings is 1. The number of nitrogens with one attached hydrogen (secondary N) is 1. The number of aromatic nitrogens is 1. The average molecular weight is 336 g/mol. The summed E-state index contributed by atoms with van der Waals surface area (Å²) in [5.41, 5.74) is 2.16. The molecule has 0 unspecified atom stereocenters. The summed E-state index contributed by atoms with van der Waals surface area (Å²) in [6.07, 6.45) is 1.88. The molecule has 0 fully saturated rings. The van der Waals surface area contributed by atoms with E-state index in [-0.39, 0.29) is 0 Å². The lowest BCUT2D eigenvalue weighted by Gasteiger charge is -2.13. The van der Waals surface area contributed by atoms with Crippen LogP contribution in [0.25, 0.3) is 0 Å². The second-order valence-electron chi connectivity index (χ2n) is 5.34. The molecule has 0 aliphatic carbocycles. The van der Waals surface area contributed by atoms with E-state index in [9.17, 15) is 0 Å². The van der Waals surface area contributed by atoms with E-state index in [0.717, 1.165) is 23.5 Å². The standard InChI is InChI=1S/C17H22ClN3O2/c1-21(2)16-6-5-12(11-20-16)9-19-10-13-7-14(18)17(23-4)15(8-13)22-3/h5-8,11,19H,9-10H2,1-4H3. The van der Waals surface area contributed by atoms with E-state index in [1.54, 1.807) is 14.2 Å². The molecule has 1 aromatic heterocycles. The Balaban J connectivity index is 1.97. The van der Waals surface area contributed by atoms with Crippen molar-refractivity contribution in [3.05, 3.63) is 46.6 Å². The maximum absolute atomic E-state index is 6.21. The van der Waals surface area contributed by atoms with Gasteiger partial charge < -0.3 is 19.7 Å². The minimum Gasteiger partial charge on any atom is -0.493 e. The van der Waals surface area contributed by atoms with E-state index in [1.165, 1.54) is 0 Å². The van der Waals surface area contributed by atoms with Crippen LogP contribution < -0.4 is 19.7 Å². The summed E-state index contributed by atoms with van der Waals surface area (Å²) in [4.78, 5) is 6.37. The highest BCUT2D eigenvalue weighted by Gasteiger charge is 2.10. The minimum atomic E-state index is 0.542. The van der Waals surface area contributed by atoms with E-state index < -0.39 is 0 Å². The highest BCUT2D eigenvalue weighted by Crippen LogP contribution is 2.35. The first-order valence-corrected chi connectivity index (χ1v) is 7.66. The molecule has 0 bridgehead atoms. The molecule has 0 atom stereocenters. The van der Waals surface area contributed by atoms with E-state index in [0.29, 0.717) is 23.1 Å². The van der Waals surface area contributed by atoms with Gasteiger partial charge in [-0.15, -0.1) is 0 Å². The first-order valence-electron chi connectivity index (χ1n) is 7.28. The van der Waals surface area contributed by atoms with Crippen molar-refractivity contribution in [2.24, 2.45) is 0 Å². The Kier molecular flexibility index (Phi) is 6.07. The number of anilines is 1. The van der Waals surface area contributed by atoms with E-state index in [4.69, 9.17) is 21.1 Å². The Labute approximate surface area is 142 Å². The fourth-order valence-corrected chi connectivity index (χ4v) is 2.52. The van der Waals surface area contributed by atoms with Crippen LogP contribution in [-0.2, 0) is 13.1 Å². The van der Waals surface area contributed by atoms with Crippen LogP contribution in [0.2, 0.25) is 5.02 Å². The number of halogens is 1. The summed E-state index contributed by atoms with van der Waals surface area (Å²) >= 11 is 6.21. The summed E-state index contributed by atoms with van der Waals surface area (Å²) in [5, 5.41) is 3.92. The molecular formula is C17H22ClN3O2. The van der Waals surface area contributed by atoms with Crippen molar-refractivity contribution in [2.45, 2.75) is 13.1 Å². The molecule has 23 heavy (non-hydrogen) atoms. The third-order valence-corrected chi connectivity index (χ3v) is 3.70. The maximum atomic E-state index is 6.21. The van der Waals surface area contributed by atoms with Crippen molar-refractivity contribution < 1.29 is 9.47 Å². The Bertz CT molecular complexity index is 645. The predicted molar refractivity (Wildman–Crippen MR) is 93.7 cm³/mol. The quantitative estimate of drug-likeness (QED) is 0.842. The number of rotatable bonds is 7. The molecule has 0 aliphatic rings. The summed E-state index contributed by atoms with van der Waals surface area (Å²) in [6, 6.07) is 7.87. The van der Waals surface area contributed by atoms with Crippen LogP contribution in [0.3, 0.4) is 0 Å². The van der Waals surface area contributed by atoms with Crippen LogP contribution >= 0.6 is 11.6 Å². The molecule has 0 amide bonds.